The molecule has 2 aromatic rings. The Balaban J connectivity index is 1.22. The van der Waals surface area contributed by atoms with Gasteiger partial charge in [-0.2, -0.15) is 0 Å². The number of anilines is 1. The van der Waals surface area contributed by atoms with Crippen LogP contribution in [-0.2, 0) is 14.4 Å². The van der Waals surface area contributed by atoms with E-state index in [1.807, 2.05) is 18.2 Å². The molecule has 3 aliphatic carbocycles. The van der Waals surface area contributed by atoms with E-state index in [-0.39, 0.29) is 41.4 Å². The Morgan fingerprint density at radius 3 is 2.59 bits per heavy atom. The Hall–Kier alpha value is -2.19. The number of nitrogens with zero attached hydrogens (tertiary/aromatic N) is 2. The van der Waals surface area contributed by atoms with Crippen molar-refractivity contribution in [3.05, 3.63) is 30.4 Å². The first-order valence-electron chi connectivity index (χ1n) is 9.97. The molecule has 1 saturated heterocycles. The molecule has 2 bridgehead atoms. The molecule has 148 valence electrons. The Kier molecular flexibility index (Phi) is 3.90. The minimum atomic E-state index is -0.189. The molecule has 3 amide bonds. The molecule has 0 radical (unpaired) electrons. The molecule has 0 spiro atoms. The van der Waals surface area contributed by atoms with Gasteiger partial charge in [0.15, 0.2) is 4.34 Å². The van der Waals surface area contributed by atoms with E-state index in [1.54, 1.807) is 0 Å². The third kappa shape index (κ3) is 2.84. The second-order valence-corrected chi connectivity index (χ2v) is 10.5. The summed E-state index contributed by atoms with van der Waals surface area (Å²) in [7, 11) is 0. The van der Waals surface area contributed by atoms with E-state index in [2.05, 4.69) is 22.5 Å². The van der Waals surface area contributed by atoms with Crippen molar-refractivity contribution in [1.82, 2.24) is 10.3 Å². The number of nitrogens with one attached hydrogen (secondary N) is 1. The molecule has 1 N–H and O–H groups in total. The average molecular weight is 426 g/mol. The van der Waals surface area contributed by atoms with Gasteiger partial charge >= 0.3 is 0 Å². The van der Waals surface area contributed by atoms with Crippen LogP contribution in [0, 0.1) is 23.7 Å². The zero-order chi connectivity index (χ0) is 19.7. The smallest absolute Gasteiger partial charge is 0.238 e. The first-order valence-corrected chi connectivity index (χ1v) is 11.8. The number of allylic oxidation sites excluding steroid dienone is 2. The van der Waals surface area contributed by atoms with E-state index in [0.29, 0.717) is 17.5 Å². The number of carbonyl (C=O) groups is 3. The Morgan fingerprint density at radius 2 is 1.90 bits per heavy atom. The molecule has 3 fully saturated rings. The fourth-order valence-corrected chi connectivity index (χ4v) is 6.79. The van der Waals surface area contributed by atoms with Crippen LogP contribution in [0.1, 0.15) is 19.3 Å². The molecule has 1 aromatic heterocycles. The summed E-state index contributed by atoms with van der Waals surface area (Å²) in [6, 6.07) is 5.91. The molecule has 0 unspecified atom stereocenters. The van der Waals surface area contributed by atoms with Crippen molar-refractivity contribution >= 4 is 56.7 Å². The zero-order valence-electron chi connectivity index (χ0n) is 15.5. The predicted octanol–water partition coefficient (Wildman–Crippen LogP) is 2.98. The minimum absolute atomic E-state index is 0.0421. The molecule has 1 aromatic carbocycles. The summed E-state index contributed by atoms with van der Waals surface area (Å²) in [6.07, 6.45) is 7.30. The quantitative estimate of drug-likeness (QED) is 0.453. The van der Waals surface area contributed by atoms with Gasteiger partial charge in [-0.25, -0.2) is 9.88 Å². The number of hydrogen-bond acceptors (Lipinski definition) is 6. The molecule has 4 atom stereocenters. The number of hydrogen-bond donors (Lipinski definition) is 1. The number of thiazole rings is 1. The second-order valence-electron chi connectivity index (χ2n) is 8.27. The van der Waals surface area contributed by atoms with E-state index < -0.39 is 0 Å². The fourth-order valence-electron chi connectivity index (χ4n) is 4.87. The maximum absolute atomic E-state index is 13.0. The van der Waals surface area contributed by atoms with Gasteiger partial charge < -0.3 is 5.32 Å². The lowest BCUT2D eigenvalue weighted by Crippen LogP contribution is -2.32. The first-order chi connectivity index (χ1) is 14.1. The third-order valence-corrected chi connectivity index (χ3v) is 8.51. The summed E-state index contributed by atoms with van der Waals surface area (Å²) >= 11 is 2.92. The highest BCUT2D eigenvalue weighted by molar-refractivity contribution is 8.01. The van der Waals surface area contributed by atoms with Crippen molar-refractivity contribution in [2.75, 3.05) is 10.7 Å². The Morgan fingerprint density at radius 1 is 1.17 bits per heavy atom. The largest absolute Gasteiger partial charge is 0.353 e. The van der Waals surface area contributed by atoms with Crippen molar-refractivity contribution in [1.29, 1.82) is 0 Å². The number of thioether (sulfide) groups is 1. The lowest BCUT2D eigenvalue weighted by Gasteiger charge is -2.17. The van der Waals surface area contributed by atoms with Crippen LogP contribution in [0.3, 0.4) is 0 Å². The van der Waals surface area contributed by atoms with Gasteiger partial charge in [-0.15, -0.1) is 11.3 Å². The summed E-state index contributed by atoms with van der Waals surface area (Å²) in [4.78, 5) is 43.9. The van der Waals surface area contributed by atoms with Crippen molar-refractivity contribution in [2.24, 2.45) is 23.7 Å². The van der Waals surface area contributed by atoms with E-state index in [4.69, 9.17) is 0 Å². The van der Waals surface area contributed by atoms with Crippen LogP contribution >= 0.6 is 23.1 Å². The van der Waals surface area contributed by atoms with E-state index in [0.717, 1.165) is 33.8 Å². The lowest BCUT2D eigenvalue weighted by atomic mass is 9.85. The van der Waals surface area contributed by atoms with Gasteiger partial charge in [-0.05, 0) is 49.3 Å². The standard InChI is InChI=1S/C21H19N3O3S2/c25-16(22-12-3-4-12)9-28-21-23-14-6-5-13(8-15(14)29-21)24-19(26)17-10-1-2-11(7-10)18(17)20(24)27/h1-2,5-6,8,10-12,17-18H,3-4,7,9H2,(H,22,25)/t10-,11-,17+,18+/m0/s1. The van der Waals surface area contributed by atoms with Gasteiger partial charge in [0.25, 0.3) is 0 Å². The molecular formula is C21H19N3O3S2. The Labute approximate surface area is 175 Å². The average Bonchev–Trinajstić information content (AvgIpc) is 3.08. The number of amides is 3. The van der Waals surface area contributed by atoms with Gasteiger partial charge in [0.05, 0.1) is 33.5 Å². The molecular weight excluding hydrogens is 406 g/mol. The molecule has 29 heavy (non-hydrogen) atoms. The number of fused-ring (bicyclic) bond motifs is 6. The zero-order valence-corrected chi connectivity index (χ0v) is 17.2. The molecule has 2 saturated carbocycles. The second kappa shape index (κ2) is 6.40. The van der Waals surface area contributed by atoms with Crippen molar-refractivity contribution in [3.63, 3.8) is 0 Å². The molecule has 4 aliphatic rings. The van der Waals surface area contributed by atoms with Gasteiger partial charge in [-0.3, -0.25) is 14.4 Å². The summed E-state index contributed by atoms with van der Waals surface area (Å²) < 4.78 is 1.74. The van der Waals surface area contributed by atoms with Gasteiger partial charge in [-0.1, -0.05) is 23.9 Å². The van der Waals surface area contributed by atoms with Crippen LogP contribution < -0.4 is 10.2 Å². The van der Waals surface area contributed by atoms with Crippen LogP contribution in [-0.4, -0.2) is 34.5 Å². The van der Waals surface area contributed by atoms with Crippen LogP contribution in [0.25, 0.3) is 10.2 Å². The topological polar surface area (TPSA) is 79.4 Å². The SMILES string of the molecule is O=C(CSc1nc2ccc(N3C(=O)[C@H]4[C@H](C3=O)[C@H]3C=C[C@H]4C3)cc2s1)NC1CC1. The summed E-state index contributed by atoms with van der Waals surface area (Å²) in [5.74, 6) is 0.314. The number of benzene rings is 1. The van der Waals surface area contributed by atoms with E-state index in [9.17, 15) is 14.4 Å². The molecule has 2 heterocycles. The number of rotatable bonds is 5. The number of carbonyl (C=O) groups excluding carboxylic acids is 3. The van der Waals surface area contributed by atoms with Crippen LogP contribution in [0.2, 0.25) is 0 Å². The first kappa shape index (κ1) is 17.7. The molecule has 1 aliphatic heterocycles. The summed E-state index contributed by atoms with van der Waals surface area (Å²) in [6.45, 7) is 0. The molecule has 6 nitrogen and oxygen atoms in total. The van der Waals surface area contributed by atoms with Crippen molar-refractivity contribution in [2.45, 2.75) is 29.6 Å². The number of aromatic nitrogens is 1. The number of imide groups is 1. The van der Waals surface area contributed by atoms with Crippen LogP contribution in [0.15, 0.2) is 34.7 Å². The normalized spacial score (nSPS) is 29.9. The minimum Gasteiger partial charge on any atom is -0.353 e. The third-order valence-electron chi connectivity index (χ3n) is 6.35. The maximum atomic E-state index is 13.0. The van der Waals surface area contributed by atoms with E-state index >= 15 is 0 Å². The molecule has 6 rings (SSSR count). The highest BCUT2D eigenvalue weighted by Gasteiger charge is 2.59. The highest BCUT2D eigenvalue weighted by Crippen LogP contribution is 2.53. The Bertz CT molecular complexity index is 1060. The van der Waals surface area contributed by atoms with Gasteiger partial charge in [0, 0.05) is 6.04 Å². The monoisotopic (exact) mass is 425 g/mol. The fraction of sp³-hybridized carbons (Fsp3) is 0.429. The highest BCUT2D eigenvalue weighted by atomic mass is 32.2. The van der Waals surface area contributed by atoms with Gasteiger partial charge in [0.2, 0.25) is 17.7 Å². The maximum Gasteiger partial charge on any atom is 0.238 e. The summed E-state index contributed by atoms with van der Waals surface area (Å²) in [5, 5.41) is 2.98. The van der Waals surface area contributed by atoms with Crippen LogP contribution in [0.4, 0.5) is 5.69 Å². The molecule has 8 heteroatoms. The van der Waals surface area contributed by atoms with Crippen molar-refractivity contribution < 1.29 is 14.4 Å². The lowest BCUT2D eigenvalue weighted by molar-refractivity contribution is -0.123. The van der Waals surface area contributed by atoms with Crippen molar-refractivity contribution in [3.8, 4) is 0 Å². The van der Waals surface area contributed by atoms with Crippen LogP contribution in [0.5, 0.6) is 0 Å². The summed E-state index contributed by atoms with van der Waals surface area (Å²) in [5.41, 5.74) is 1.46. The predicted molar refractivity (Wildman–Crippen MR) is 112 cm³/mol. The van der Waals surface area contributed by atoms with E-state index in [1.165, 1.54) is 28.0 Å². The van der Waals surface area contributed by atoms with Gasteiger partial charge in [0.1, 0.15) is 0 Å².